The lowest BCUT2D eigenvalue weighted by atomic mass is 9.80. The maximum Gasteiger partial charge on any atom is 0.122 e. The highest BCUT2D eigenvalue weighted by atomic mass is 16.5. The van der Waals surface area contributed by atoms with Gasteiger partial charge in [0.25, 0.3) is 0 Å². The molecule has 0 amide bonds. The summed E-state index contributed by atoms with van der Waals surface area (Å²) >= 11 is 0. The van der Waals surface area contributed by atoms with Gasteiger partial charge in [-0.2, -0.15) is 0 Å². The Morgan fingerprint density at radius 1 is 1.00 bits per heavy atom. The number of para-hydroxylation sites is 1. The molecule has 2 aromatic carbocycles. The van der Waals surface area contributed by atoms with E-state index in [2.05, 4.69) is 48.6 Å². The summed E-state index contributed by atoms with van der Waals surface area (Å²) in [4.78, 5) is 0. The van der Waals surface area contributed by atoms with Gasteiger partial charge in [-0.3, -0.25) is 0 Å². The Labute approximate surface area is 114 Å². The first kappa shape index (κ1) is 12.2. The molecule has 19 heavy (non-hydrogen) atoms. The number of hydrogen-bond donors (Lipinski definition) is 1. The molecule has 0 aliphatic carbocycles. The molecule has 1 heterocycles. The molecule has 1 N–H and O–H groups in total. The smallest absolute Gasteiger partial charge is 0.122 e. The average molecular weight is 253 g/mol. The Kier molecular flexibility index (Phi) is 3.26. The molecule has 0 saturated carbocycles. The van der Waals surface area contributed by atoms with Crippen molar-refractivity contribution in [2.45, 2.75) is 25.4 Å². The van der Waals surface area contributed by atoms with Crippen LogP contribution in [-0.4, -0.2) is 13.2 Å². The van der Waals surface area contributed by atoms with E-state index < -0.39 is 0 Å². The molecule has 1 aliphatic heterocycles. The van der Waals surface area contributed by atoms with Crippen LogP contribution < -0.4 is 10.1 Å². The summed E-state index contributed by atoms with van der Waals surface area (Å²) in [6.45, 7) is 3.19. The third-order valence-electron chi connectivity index (χ3n) is 3.98. The minimum Gasteiger partial charge on any atom is -0.496 e. The molecule has 0 saturated heterocycles. The van der Waals surface area contributed by atoms with Crippen molar-refractivity contribution in [1.82, 2.24) is 5.32 Å². The molecule has 0 bridgehead atoms. The van der Waals surface area contributed by atoms with Gasteiger partial charge in [-0.25, -0.2) is 0 Å². The fourth-order valence-electron chi connectivity index (χ4n) is 3.02. The van der Waals surface area contributed by atoms with Crippen molar-refractivity contribution in [3.63, 3.8) is 0 Å². The normalized spacial score (nSPS) is 21.8. The van der Waals surface area contributed by atoms with E-state index in [1.165, 1.54) is 16.7 Å². The van der Waals surface area contributed by atoms with Crippen molar-refractivity contribution in [2.75, 3.05) is 7.11 Å². The van der Waals surface area contributed by atoms with E-state index >= 15 is 0 Å². The van der Waals surface area contributed by atoms with Gasteiger partial charge in [-0.15, -0.1) is 0 Å². The van der Waals surface area contributed by atoms with E-state index in [-0.39, 0.29) is 0 Å². The number of nitrogens with one attached hydrogen (secondary N) is 1. The molecule has 1 aliphatic rings. The van der Waals surface area contributed by atoms with Crippen molar-refractivity contribution >= 4 is 0 Å². The molecule has 98 valence electrons. The second-order valence-electron chi connectivity index (χ2n) is 5.09. The fourth-order valence-corrected chi connectivity index (χ4v) is 3.02. The number of ether oxygens (including phenoxy) is 1. The van der Waals surface area contributed by atoms with Crippen molar-refractivity contribution in [1.29, 1.82) is 0 Å². The van der Waals surface area contributed by atoms with Crippen LogP contribution in [0.1, 0.15) is 29.5 Å². The van der Waals surface area contributed by atoms with E-state index in [9.17, 15) is 0 Å². The lowest BCUT2D eigenvalue weighted by Gasteiger charge is -2.33. The van der Waals surface area contributed by atoms with Crippen LogP contribution in [0, 0.1) is 0 Å². The average Bonchev–Trinajstić information content (AvgIpc) is 2.47. The van der Waals surface area contributed by atoms with Crippen LogP contribution in [-0.2, 0) is 6.54 Å². The molecule has 2 nitrogen and oxygen atoms in total. The molecule has 0 radical (unpaired) electrons. The van der Waals surface area contributed by atoms with Gasteiger partial charge in [0.2, 0.25) is 0 Å². The molecule has 2 heteroatoms. The van der Waals surface area contributed by atoms with Crippen molar-refractivity contribution in [3.8, 4) is 5.75 Å². The Morgan fingerprint density at radius 3 is 2.47 bits per heavy atom. The summed E-state index contributed by atoms with van der Waals surface area (Å²) in [6, 6.07) is 17.4. The first-order chi connectivity index (χ1) is 9.31. The quantitative estimate of drug-likeness (QED) is 0.886. The van der Waals surface area contributed by atoms with Crippen LogP contribution in [0.2, 0.25) is 0 Å². The van der Waals surface area contributed by atoms with Gasteiger partial charge in [-0.05, 0) is 24.1 Å². The Hall–Kier alpha value is -1.80. The van der Waals surface area contributed by atoms with Crippen LogP contribution in [0.25, 0.3) is 0 Å². The number of rotatable bonds is 2. The van der Waals surface area contributed by atoms with Crippen molar-refractivity contribution in [2.24, 2.45) is 0 Å². The summed E-state index contributed by atoms with van der Waals surface area (Å²) in [7, 11) is 1.74. The van der Waals surface area contributed by atoms with Gasteiger partial charge in [0.15, 0.2) is 0 Å². The van der Waals surface area contributed by atoms with Gasteiger partial charge in [-0.1, -0.05) is 42.5 Å². The van der Waals surface area contributed by atoms with Crippen LogP contribution in [0.3, 0.4) is 0 Å². The first-order valence-electron chi connectivity index (χ1n) is 6.75. The van der Waals surface area contributed by atoms with Gasteiger partial charge in [0.05, 0.1) is 7.11 Å². The lowest BCUT2D eigenvalue weighted by molar-refractivity contribution is 0.395. The van der Waals surface area contributed by atoms with Crippen LogP contribution in [0.5, 0.6) is 5.75 Å². The maximum atomic E-state index is 5.53. The predicted octanol–water partition coefficient (Wildman–Crippen LogP) is 3.32. The van der Waals surface area contributed by atoms with Gasteiger partial charge >= 0.3 is 0 Å². The zero-order chi connectivity index (χ0) is 13.2. The van der Waals surface area contributed by atoms with E-state index in [1.807, 2.05) is 12.1 Å². The SMILES string of the molecule is COc1ccccc1[C@@H]1c2ccccc2CN[C@H]1C. The Balaban J connectivity index is 2.13. The number of methoxy groups -OCH3 is 1. The Morgan fingerprint density at radius 2 is 1.68 bits per heavy atom. The molecule has 0 unspecified atom stereocenters. The molecule has 3 rings (SSSR count). The molecule has 0 aromatic heterocycles. The second-order valence-corrected chi connectivity index (χ2v) is 5.09. The summed E-state index contributed by atoms with van der Waals surface area (Å²) < 4.78 is 5.53. The first-order valence-corrected chi connectivity index (χ1v) is 6.75. The summed E-state index contributed by atoms with van der Waals surface area (Å²) in [5.74, 6) is 1.32. The monoisotopic (exact) mass is 253 g/mol. The standard InChI is InChI=1S/C17H19NO/c1-12-17(15-9-5-6-10-16(15)19-2)14-8-4-3-7-13(14)11-18-12/h3-10,12,17-18H,11H2,1-2H3/t12-,17-/m0/s1. The predicted molar refractivity (Wildman–Crippen MR) is 77.6 cm³/mol. The third-order valence-corrected chi connectivity index (χ3v) is 3.98. The van der Waals surface area contributed by atoms with E-state index in [0.717, 1.165) is 12.3 Å². The maximum absolute atomic E-state index is 5.53. The van der Waals surface area contributed by atoms with Crippen LogP contribution >= 0.6 is 0 Å². The van der Waals surface area contributed by atoms with Crippen LogP contribution in [0.4, 0.5) is 0 Å². The molecule has 2 aromatic rings. The molecular formula is C17H19NO. The lowest BCUT2D eigenvalue weighted by Crippen LogP contribution is -2.37. The van der Waals surface area contributed by atoms with Crippen LogP contribution in [0.15, 0.2) is 48.5 Å². The number of fused-ring (bicyclic) bond motifs is 1. The van der Waals surface area contributed by atoms with Gasteiger partial charge in [0, 0.05) is 24.1 Å². The minimum atomic E-state index is 0.348. The summed E-state index contributed by atoms with van der Waals surface area (Å²) in [6.07, 6.45) is 0. The molecule has 0 fully saturated rings. The highest BCUT2D eigenvalue weighted by molar-refractivity contribution is 5.47. The summed E-state index contributed by atoms with van der Waals surface area (Å²) in [5, 5.41) is 3.58. The minimum absolute atomic E-state index is 0.348. The largest absolute Gasteiger partial charge is 0.496 e. The molecule has 2 atom stereocenters. The molecular weight excluding hydrogens is 234 g/mol. The van der Waals surface area contributed by atoms with Gasteiger partial charge in [0.1, 0.15) is 5.75 Å². The van der Waals surface area contributed by atoms with Crippen molar-refractivity contribution < 1.29 is 4.74 Å². The van der Waals surface area contributed by atoms with Gasteiger partial charge < -0.3 is 10.1 Å². The second kappa shape index (κ2) is 5.06. The van der Waals surface area contributed by atoms with Crippen molar-refractivity contribution in [3.05, 3.63) is 65.2 Å². The third kappa shape index (κ3) is 2.13. The number of hydrogen-bond acceptors (Lipinski definition) is 2. The van der Waals surface area contributed by atoms with E-state index in [1.54, 1.807) is 7.11 Å². The Bertz CT molecular complexity index is 579. The van der Waals surface area contributed by atoms with E-state index in [0.29, 0.717) is 12.0 Å². The summed E-state index contributed by atoms with van der Waals surface area (Å²) in [5.41, 5.74) is 4.06. The topological polar surface area (TPSA) is 21.3 Å². The fraction of sp³-hybridized carbons (Fsp3) is 0.294. The van der Waals surface area contributed by atoms with E-state index in [4.69, 9.17) is 4.74 Å². The highest BCUT2D eigenvalue weighted by Gasteiger charge is 2.29. The highest BCUT2D eigenvalue weighted by Crippen LogP contribution is 2.37. The molecule has 0 spiro atoms. The zero-order valence-electron chi connectivity index (χ0n) is 11.4. The number of benzene rings is 2. The zero-order valence-corrected chi connectivity index (χ0v) is 11.4.